The van der Waals surface area contributed by atoms with Crippen molar-refractivity contribution in [2.45, 2.75) is 6.18 Å². The van der Waals surface area contributed by atoms with Crippen molar-refractivity contribution in [3.63, 3.8) is 0 Å². The maximum absolute atomic E-state index is 12.3. The van der Waals surface area contributed by atoms with Gasteiger partial charge in [0.15, 0.2) is 0 Å². The van der Waals surface area contributed by atoms with Crippen LogP contribution in [0.2, 0.25) is 0 Å². The number of hydrogen-bond donors (Lipinski definition) is 1. The molecule has 0 aliphatic rings. The zero-order chi connectivity index (χ0) is 11.6. The first-order valence-corrected chi connectivity index (χ1v) is 3.78. The molecule has 1 aromatic carbocycles. The van der Waals surface area contributed by atoms with E-state index in [4.69, 9.17) is 10.4 Å². The summed E-state index contributed by atoms with van der Waals surface area (Å²) in [5, 5.41) is 17.7. The molecule has 0 aromatic heterocycles. The molecule has 0 radical (unpaired) electrons. The number of aromatic hydroxyl groups is 1. The van der Waals surface area contributed by atoms with Gasteiger partial charge in [0.1, 0.15) is 23.1 Å². The number of hydrogen-bond acceptors (Lipinski definition) is 3. The van der Waals surface area contributed by atoms with E-state index in [1.807, 2.05) is 0 Å². The molecule has 0 unspecified atom stereocenters. The van der Waals surface area contributed by atoms with Crippen molar-refractivity contribution in [1.82, 2.24) is 0 Å². The number of phenols is 1. The Bertz CT molecular complexity index is 421. The van der Waals surface area contributed by atoms with Crippen molar-refractivity contribution in [3.8, 4) is 17.6 Å². The highest BCUT2D eigenvalue weighted by molar-refractivity contribution is 5.54. The Morgan fingerprint density at radius 1 is 1.40 bits per heavy atom. The van der Waals surface area contributed by atoms with E-state index in [0.29, 0.717) is 12.1 Å². The quantitative estimate of drug-likeness (QED) is 0.785. The first-order chi connectivity index (χ1) is 6.90. The number of alkyl halides is 3. The van der Waals surface area contributed by atoms with Gasteiger partial charge in [-0.2, -0.15) is 18.4 Å². The first-order valence-electron chi connectivity index (χ1n) is 3.78. The highest BCUT2D eigenvalue weighted by atomic mass is 19.4. The Morgan fingerprint density at radius 3 is 2.40 bits per heavy atom. The van der Waals surface area contributed by atoms with Gasteiger partial charge in [0, 0.05) is 0 Å². The molecule has 80 valence electrons. The number of methoxy groups -OCH3 is 1. The van der Waals surface area contributed by atoms with Crippen LogP contribution < -0.4 is 4.74 Å². The summed E-state index contributed by atoms with van der Waals surface area (Å²) in [7, 11) is 1.12. The number of nitriles is 1. The predicted octanol–water partition coefficient (Wildman–Crippen LogP) is 2.29. The monoisotopic (exact) mass is 217 g/mol. The summed E-state index contributed by atoms with van der Waals surface area (Å²) < 4.78 is 41.4. The van der Waals surface area contributed by atoms with Gasteiger partial charge in [0.05, 0.1) is 12.7 Å². The number of rotatable bonds is 1. The molecule has 0 aliphatic carbocycles. The van der Waals surface area contributed by atoms with Crippen molar-refractivity contribution in [2.75, 3.05) is 7.11 Å². The number of ether oxygens (including phenoxy) is 1. The fourth-order valence-electron chi connectivity index (χ4n) is 1.04. The minimum Gasteiger partial charge on any atom is -0.506 e. The second kappa shape index (κ2) is 3.69. The fourth-order valence-corrected chi connectivity index (χ4v) is 1.04. The Balaban J connectivity index is 3.40. The topological polar surface area (TPSA) is 53.2 Å². The second-order valence-electron chi connectivity index (χ2n) is 2.68. The lowest BCUT2D eigenvalue weighted by Gasteiger charge is -2.10. The summed E-state index contributed by atoms with van der Waals surface area (Å²) in [6.45, 7) is 0. The summed E-state index contributed by atoms with van der Waals surface area (Å²) in [5.74, 6) is -1.05. The van der Waals surface area contributed by atoms with Crippen LogP contribution in [0.25, 0.3) is 0 Å². The third kappa shape index (κ3) is 2.13. The lowest BCUT2D eigenvalue weighted by Crippen LogP contribution is -2.05. The Kier molecular flexibility index (Phi) is 2.75. The van der Waals surface area contributed by atoms with E-state index >= 15 is 0 Å². The standard InChI is InChI=1S/C9H6F3NO2/c1-15-8-3-5(9(10,11)12)2-7(14)6(8)4-13/h2-3,14H,1H3. The molecule has 3 nitrogen and oxygen atoms in total. The van der Waals surface area contributed by atoms with Crippen LogP contribution in [0, 0.1) is 11.3 Å². The predicted molar refractivity (Wildman–Crippen MR) is 44.4 cm³/mol. The summed E-state index contributed by atoms with van der Waals surface area (Å²) in [6.07, 6.45) is -4.58. The fraction of sp³-hybridized carbons (Fsp3) is 0.222. The minimum absolute atomic E-state index is 0.301. The maximum Gasteiger partial charge on any atom is 0.416 e. The molecule has 1 rings (SSSR count). The van der Waals surface area contributed by atoms with Gasteiger partial charge in [-0.25, -0.2) is 0 Å². The Hall–Kier alpha value is -1.90. The van der Waals surface area contributed by atoms with E-state index < -0.39 is 17.5 Å². The molecule has 0 fully saturated rings. The molecule has 15 heavy (non-hydrogen) atoms. The average Bonchev–Trinajstić information content (AvgIpc) is 2.15. The summed E-state index contributed by atoms with van der Waals surface area (Å²) >= 11 is 0. The van der Waals surface area contributed by atoms with E-state index in [2.05, 4.69) is 4.74 Å². The van der Waals surface area contributed by atoms with Crippen molar-refractivity contribution in [3.05, 3.63) is 23.3 Å². The molecule has 0 atom stereocenters. The van der Waals surface area contributed by atoms with Crippen LogP contribution in [0.3, 0.4) is 0 Å². The zero-order valence-electron chi connectivity index (χ0n) is 7.59. The molecule has 0 saturated heterocycles. The number of halogens is 3. The molecule has 6 heteroatoms. The summed E-state index contributed by atoms with van der Waals surface area (Å²) in [4.78, 5) is 0. The van der Waals surface area contributed by atoms with E-state index in [1.165, 1.54) is 0 Å². The lowest BCUT2D eigenvalue weighted by molar-refractivity contribution is -0.137. The number of nitrogens with zero attached hydrogens (tertiary/aromatic N) is 1. The van der Waals surface area contributed by atoms with Crippen molar-refractivity contribution in [1.29, 1.82) is 5.26 Å². The highest BCUT2D eigenvalue weighted by Gasteiger charge is 2.32. The first kappa shape index (κ1) is 11.2. The molecule has 0 heterocycles. The molecule has 1 aromatic rings. The van der Waals surface area contributed by atoms with E-state index in [1.54, 1.807) is 6.07 Å². The van der Waals surface area contributed by atoms with Crippen molar-refractivity contribution < 1.29 is 23.0 Å². The average molecular weight is 217 g/mol. The van der Waals surface area contributed by atoms with Gasteiger partial charge >= 0.3 is 6.18 Å². The van der Waals surface area contributed by atoms with Gasteiger partial charge in [-0.3, -0.25) is 0 Å². The largest absolute Gasteiger partial charge is 0.506 e. The Morgan fingerprint density at radius 2 is 2.00 bits per heavy atom. The van der Waals surface area contributed by atoms with Crippen molar-refractivity contribution in [2.24, 2.45) is 0 Å². The van der Waals surface area contributed by atoms with Crippen LogP contribution in [0.4, 0.5) is 13.2 Å². The van der Waals surface area contributed by atoms with Crippen LogP contribution in [0.5, 0.6) is 11.5 Å². The summed E-state index contributed by atoms with van der Waals surface area (Å²) in [6, 6.07) is 2.70. The van der Waals surface area contributed by atoms with Crippen molar-refractivity contribution >= 4 is 0 Å². The number of benzene rings is 1. The van der Waals surface area contributed by atoms with Gasteiger partial charge in [-0.05, 0) is 12.1 Å². The molecule has 0 bridgehead atoms. The molecular formula is C9H6F3NO2. The summed E-state index contributed by atoms with van der Waals surface area (Å²) in [5.41, 5.74) is -1.37. The van der Waals surface area contributed by atoms with E-state index in [-0.39, 0.29) is 11.3 Å². The lowest BCUT2D eigenvalue weighted by atomic mass is 10.1. The molecule has 1 N–H and O–H groups in total. The maximum atomic E-state index is 12.3. The van der Waals surface area contributed by atoms with E-state index in [0.717, 1.165) is 7.11 Å². The third-order valence-electron chi connectivity index (χ3n) is 1.74. The van der Waals surface area contributed by atoms with Gasteiger partial charge in [0.25, 0.3) is 0 Å². The third-order valence-corrected chi connectivity index (χ3v) is 1.74. The molecule has 0 spiro atoms. The molecule has 0 aliphatic heterocycles. The SMILES string of the molecule is COc1cc(C(F)(F)F)cc(O)c1C#N. The highest BCUT2D eigenvalue weighted by Crippen LogP contribution is 2.37. The van der Waals surface area contributed by atoms with Gasteiger partial charge in [-0.1, -0.05) is 0 Å². The van der Waals surface area contributed by atoms with Gasteiger partial charge in [0.2, 0.25) is 0 Å². The van der Waals surface area contributed by atoms with E-state index in [9.17, 15) is 13.2 Å². The van der Waals surface area contributed by atoms with Crippen LogP contribution in [0.1, 0.15) is 11.1 Å². The molecule has 0 saturated carbocycles. The van der Waals surface area contributed by atoms with Gasteiger partial charge < -0.3 is 9.84 Å². The van der Waals surface area contributed by atoms with Crippen LogP contribution >= 0.6 is 0 Å². The molecule has 0 amide bonds. The van der Waals surface area contributed by atoms with Crippen LogP contribution in [-0.2, 0) is 6.18 Å². The number of phenolic OH excluding ortho intramolecular Hbond substituents is 1. The van der Waals surface area contributed by atoms with Gasteiger partial charge in [-0.15, -0.1) is 0 Å². The molecular weight excluding hydrogens is 211 g/mol. The normalized spacial score (nSPS) is 10.9. The van der Waals surface area contributed by atoms with Crippen LogP contribution in [-0.4, -0.2) is 12.2 Å². The zero-order valence-corrected chi connectivity index (χ0v) is 7.59. The Labute approximate surface area is 83.3 Å². The second-order valence-corrected chi connectivity index (χ2v) is 2.68. The van der Waals surface area contributed by atoms with Crippen LogP contribution in [0.15, 0.2) is 12.1 Å². The smallest absolute Gasteiger partial charge is 0.416 e. The minimum atomic E-state index is -4.58.